The number of carbonyl (C=O) groups excluding carboxylic acids is 1. The fourth-order valence-electron chi connectivity index (χ4n) is 5.63. The van der Waals surface area contributed by atoms with E-state index in [2.05, 4.69) is 29.7 Å². The molecule has 0 aliphatic carbocycles. The molecule has 0 unspecified atom stereocenters. The second-order valence-corrected chi connectivity index (χ2v) is 14.8. The number of hydrogen-bond acceptors (Lipinski definition) is 8. The highest BCUT2D eigenvalue weighted by molar-refractivity contribution is 6.30. The van der Waals surface area contributed by atoms with E-state index in [1.165, 1.54) is 0 Å². The van der Waals surface area contributed by atoms with Crippen molar-refractivity contribution in [2.75, 3.05) is 43.1 Å². The van der Waals surface area contributed by atoms with Crippen LogP contribution in [-0.4, -0.2) is 60.9 Å². The molecule has 9 heteroatoms. The number of aryl methyl sites for hydroxylation is 2. The highest BCUT2D eigenvalue weighted by atomic mass is 35.5. The van der Waals surface area contributed by atoms with Gasteiger partial charge in [-0.3, -0.25) is 9.97 Å². The molecule has 1 aromatic carbocycles. The molecular formula is C37H51ClN4O4. The molecule has 1 saturated heterocycles. The van der Waals surface area contributed by atoms with Crippen molar-refractivity contribution in [2.45, 2.75) is 93.0 Å². The molecule has 0 saturated carbocycles. The summed E-state index contributed by atoms with van der Waals surface area (Å²) in [6.45, 7) is 21.0. The van der Waals surface area contributed by atoms with Crippen molar-refractivity contribution in [3.63, 3.8) is 0 Å². The first-order valence-corrected chi connectivity index (χ1v) is 16.6. The number of pyridine rings is 2. The van der Waals surface area contributed by atoms with E-state index in [0.717, 1.165) is 71.1 Å². The summed E-state index contributed by atoms with van der Waals surface area (Å²) < 4.78 is 18.2. The Balaban J connectivity index is 1.68. The first kappa shape index (κ1) is 35.5. The summed E-state index contributed by atoms with van der Waals surface area (Å²) in [5.74, 6) is 0.417. The molecule has 250 valence electrons. The van der Waals surface area contributed by atoms with Gasteiger partial charge in [-0.15, -0.1) is 0 Å². The summed E-state index contributed by atoms with van der Waals surface area (Å²) in [5.41, 5.74) is 5.71. The number of esters is 1. The summed E-state index contributed by atoms with van der Waals surface area (Å²) in [5, 5.41) is 0.698. The Kier molecular flexibility index (Phi) is 11.3. The lowest BCUT2D eigenvalue weighted by Crippen LogP contribution is -2.39. The van der Waals surface area contributed by atoms with Gasteiger partial charge in [0.1, 0.15) is 12.4 Å². The smallest absolute Gasteiger partial charge is 0.340 e. The molecule has 1 aliphatic heterocycles. The summed E-state index contributed by atoms with van der Waals surface area (Å²) in [6.07, 6.45) is 4.61. The van der Waals surface area contributed by atoms with Gasteiger partial charge in [-0.2, -0.15) is 0 Å². The third kappa shape index (κ3) is 9.13. The summed E-state index contributed by atoms with van der Waals surface area (Å²) in [4.78, 5) is 27.9. The topological polar surface area (TPSA) is 77.0 Å². The van der Waals surface area contributed by atoms with E-state index in [1.807, 2.05) is 92.2 Å². The Morgan fingerprint density at radius 1 is 1.07 bits per heavy atom. The molecule has 1 fully saturated rings. The van der Waals surface area contributed by atoms with Crippen LogP contribution >= 0.6 is 11.6 Å². The molecule has 3 aromatic rings. The molecule has 0 amide bonds. The lowest BCUT2D eigenvalue weighted by atomic mass is 9.82. The Labute approximate surface area is 280 Å². The Morgan fingerprint density at radius 3 is 2.35 bits per heavy atom. The number of rotatable bonds is 11. The number of hydrogen-bond donors (Lipinski definition) is 0. The number of likely N-dealkylation sites (N-methyl/N-ethyl adjacent to an activating group) is 1. The largest absolute Gasteiger partial charge is 0.491 e. The predicted octanol–water partition coefficient (Wildman–Crippen LogP) is 8.36. The molecule has 0 bridgehead atoms. The molecule has 0 spiro atoms. The summed E-state index contributed by atoms with van der Waals surface area (Å²) in [6, 6.07) is 9.73. The maximum Gasteiger partial charge on any atom is 0.340 e. The Bertz CT molecular complexity index is 1490. The maximum absolute atomic E-state index is 13.7. The van der Waals surface area contributed by atoms with Gasteiger partial charge >= 0.3 is 5.97 Å². The second kappa shape index (κ2) is 14.6. The second-order valence-electron chi connectivity index (χ2n) is 14.3. The minimum atomic E-state index is -0.936. The first-order chi connectivity index (χ1) is 21.5. The van der Waals surface area contributed by atoms with Crippen LogP contribution in [0.1, 0.15) is 84.2 Å². The maximum atomic E-state index is 13.7. The fourth-order valence-corrected chi connectivity index (χ4v) is 5.85. The average Bonchev–Trinajstić information content (AvgIpc) is 2.96. The van der Waals surface area contributed by atoms with E-state index in [9.17, 15) is 4.79 Å². The third-order valence-corrected chi connectivity index (χ3v) is 8.54. The molecular weight excluding hydrogens is 600 g/mol. The molecule has 4 rings (SSSR count). The van der Waals surface area contributed by atoms with Crippen molar-refractivity contribution in [3.05, 3.63) is 64.6 Å². The van der Waals surface area contributed by atoms with Crippen molar-refractivity contribution < 1.29 is 19.0 Å². The van der Waals surface area contributed by atoms with Gasteiger partial charge in [-0.05, 0) is 103 Å². The van der Waals surface area contributed by atoms with Crippen molar-refractivity contribution in [1.82, 2.24) is 9.97 Å². The number of aromatic nitrogens is 2. The van der Waals surface area contributed by atoms with E-state index in [0.29, 0.717) is 18.2 Å². The van der Waals surface area contributed by atoms with Gasteiger partial charge in [-0.1, -0.05) is 25.4 Å². The van der Waals surface area contributed by atoms with Crippen molar-refractivity contribution in [2.24, 2.45) is 5.41 Å². The van der Waals surface area contributed by atoms with Crippen LogP contribution in [0.25, 0.3) is 11.3 Å². The van der Waals surface area contributed by atoms with E-state index in [1.54, 1.807) is 0 Å². The monoisotopic (exact) mass is 650 g/mol. The molecule has 8 nitrogen and oxygen atoms in total. The van der Waals surface area contributed by atoms with Crippen molar-refractivity contribution >= 4 is 28.9 Å². The van der Waals surface area contributed by atoms with Crippen molar-refractivity contribution in [1.29, 1.82) is 0 Å². The zero-order valence-electron chi connectivity index (χ0n) is 29.2. The molecule has 3 heterocycles. The Morgan fingerprint density at radius 2 is 1.76 bits per heavy atom. The minimum absolute atomic E-state index is 0.247. The number of halogens is 1. The third-order valence-electron chi connectivity index (χ3n) is 8.31. The van der Waals surface area contributed by atoms with Crippen LogP contribution in [0.2, 0.25) is 5.02 Å². The Hall–Kier alpha value is -3.36. The van der Waals surface area contributed by atoms with E-state index in [-0.39, 0.29) is 11.5 Å². The minimum Gasteiger partial charge on any atom is -0.491 e. The number of benzene rings is 1. The molecule has 1 aliphatic rings. The van der Waals surface area contributed by atoms with Gasteiger partial charge in [0.15, 0.2) is 6.10 Å². The summed E-state index contributed by atoms with van der Waals surface area (Å²) in [7, 11) is 2.02. The van der Waals surface area contributed by atoms with Crippen LogP contribution in [0.3, 0.4) is 0 Å². The molecule has 46 heavy (non-hydrogen) atoms. The average molecular weight is 651 g/mol. The number of carbonyl (C=O) groups is 1. The van der Waals surface area contributed by atoms with Crippen molar-refractivity contribution in [3.8, 4) is 17.0 Å². The predicted molar refractivity (Wildman–Crippen MR) is 187 cm³/mol. The van der Waals surface area contributed by atoms with Gasteiger partial charge in [0.05, 0.1) is 41.5 Å². The highest BCUT2D eigenvalue weighted by Gasteiger charge is 2.37. The van der Waals surface area contributed by atoms with E-state index < -0.39 is 17.7 Å². The van der Waals surface area contributed by atoms with Gasteiger partial charge in [0, 0.05) is 48.2 Å². The van der Waals surface area contributed by atoms with Crippen LogP contribution in [0, 0.1) is 19.3 Å². The van der Waals surface area contributed by atoms with Gasteiger partial charge in [0.25, 0.3) is 0 Å². The van der Waals surface area contributed by atoms with Gasteiger partial charge < -0.3 is 24.0 Å². The molecule has 0 N–H and O–H groups in total. The van der Waals surface area contributed by atoms with Gasteiger partial charge in [-0.25, -0.2) is 4.79 Å². The van der Waals surface area contributed by atoms with Crippen LogP contribution in [0.5, 0.6) is 5.75 Å². The van der Waals surface area contributed by atoms with Crippen LogP contribution < -0.4 is 14.5 Å². The molecule has 0 radical (unpaired) electrons. The lowest BCUT2D eigenvalue weighted by Gasteiger charge is -2.41. The zero-order chi connectivity index (χ0) is 33.8. The lowest BCUT2D eigenvalue weighted by molar-refractivity contribution is -0.171. The van der Waals surface area contributed by atoms with E-state index >= 15 is 0 Å². The number of piperidine rings is 1. The normalized spacial score (nSPS) is 15.5. The van der Waals surface area contributed by atoms with Crippen LogP contribution in [0.15, 0.2) is 42.7 Å². The SMILES string of the molecule is Cc1cc(Cl)ccc1OCCN(C)c1ccc(-c2cnc(C)c([C@H](OC(C)(C)C)C(=O)OC(C)C)c2N2CCC(C)(C)CC2)nc1. The van der Waals surface area contributed by atoms with E-state index in [4.69, 9.17) is 35.8 Å². The number of nitrogens with zero attached hydrogens (tertiary/aromatic N) is 4. The molecule has 1 atom stereocenters. The first-order valence-electron chi connectivity index (χ1n) is 16.2. The zero-order valence-corrected chi connectivity index (χ0v) is 30.0. The summed E-state index contributed by atoms with van der Waals surface area (Å²) >= 11 is 6.09. The highest BCUT2D eigenvalue weighted by Crippen LogP contribution is 2.43. The standard InChI is InChI=1S/C37H51ClN4O4/c1-24(2)45-35(43)34(46-36(5,6)7)32-26(4)39-23-29(33(32)42-17-15-37(8,9)16-18-42)30-13-12-28(22-40-30)41(10)19-20-44-31-14-11-27(38)21-25(31)3/h11-14,21-24,34H,15-20H2,1-10H3/t34-/m0/s1. The van der Waals surface area contributed by atoms with Crippen LogP contribution in [-0.2, 0) is 14.3 Å². The van der Waals surface area contributed by atoms with Crippen LogP contribution in [0.4, 0.5) is 11.4 Å². The molecule has 2 aromatic heterocycles. The number of ether oxygens (including phenoxy) is 3. The number of anilines is 2. The fraction of sp³-hybridized carbons (Fsp3) is 0.541. The quantitative estimate of drug-likeness (QED) is 0.192. The van der Waals surface area contributed by atoms with Gasteiger partial charge in [0.2, 0.25) is 0 Å².